The van der Waals surface area contributed by atoms with E-state index in [1.165, 1.54) is 12.1 Å². The summed E-state index contributed by atoms with van der Waals surface area (Å²) < 4.78 is 25.8. The van der Waals surface area contributed by atoms with Crippen LogP contribution in [-0.4, -0.2) is 5.54 Å². The van der Waals surface area contributed by atoms with Crippen LogP contribution in [0, 0.1) is 11.6 Å². The standard InChI is InChI=1S/C11H15F2N/c1-4-11(2,3)14-10-6-5-8(12)7-9(10)13/h5-7,14H,4H2,1-3H3. The lowest BCUT2D eigenvalue weighted by molar-refractivity contribution is 0.533. The SMILES string of the molecule is CCC(C)(C)Nc1ccc(F)cc1F. The smallest absolute Gasteiger partial charge is 0.149 e. The van der Waals surface area contributed by atoms with E-state index in [1.807, 2.05) is 20.8 Å². The Labute approximate surface area is 83.1 Å². The molecule has 0 saturated heterocycles. The minimum Gasteiger partial charge on any atom is -0.378 e. The van der Waals surface area contributed by atoms with Crippen LogP contribution in [0.25, 0.3) is 0 Å². The molecule has 78 valence electrons. The van der Waals surface area contributed by atoms with E-state index >= 15 is 0 Å². The zero-order valence-corrected chi connectivity index (χ0v) is 8.70. The van der Waals surface area contributed by atoms with Gasteiger partial charge in [0.2, 0.25) is 0 Å². The third-order valence-corrected chi connectivity index (χ3v) is 2.29. The molecule has 1 N–H and O–H groups in total. The molecule has 0 saturated carbocycles. The largest absolute Gasteiger partial charge is 0.378 e. The molecule has 0 unspecified atom stereocenters. The lowest BCUT2D eigenvalue weighted by atomic mass is 10.0. The normalized spacial score (nSPS) is 11.5. The fourth-order valence-corrected chi connectivity index (χ4v) is 1.04. The third-order valence-electron chi connectivity index (χ3n) is 2.29. The van der Waals surface area contributed by atoms with Crippen LogP contribution >= 0.6 is 0 Å². The van der Waals surface area contributed by atoms with Gasteiger partial charge in [0.1, 0.15) is 11.6 Å². The van der Waals surface area contributed by atoms with E-state index in [2.05, 4.69) is 5.32 Å². The van der Waals surface area contributed by atoms with E-state index in [-0.39, 0.29) is 5.54 Å². The summed E-state index contributed by atoms with van der Waals surface area (Å²) >= 11 is 0. The quantitative estimate of drug-likeness (QED) is 0.784. The monoisotopic (exact) mass is 199 g/mol. The summed E-state index contributed by atoms with van der Waals surface area (Å²) in [5.41, 5.74) is 0.164. The van der Waals surface area contributed by atoms with Crippen LogP contribution in [0.4, 0.5) is 14.5 Å². The van der Waals surface area contributed by atoms with E-state index in [1.54, 1.807) is 0 Å². The van der Waals surface area contributed by atoms with Gasteiger partial charge in [-0.25, -0.2) is 8.78 Å². The molecule has 14 heavy (non-hydrogen) atoms. The molecule has 0 aliphatic heterocycles. The molecule has 1 aromatic rings. The van der Waals surface area contributed by atoms with E-state index in [9.17, 15) is 8.78 Å². The van der Waals surface area contributed by atoms with Crippen LogP contribution in [0.15, 0.2) is 18.2 Å². The van der Waals surface area contributed by atoms with Gasteiger partial charge in [0.15, 0.2) is 0 Å². The van der Waals surface area contributed by atoms with Gasteiger partial charge in [-0.1, -0.05) is 6.92 Å². The summed E-state index contributed by atoms with van der Waals surface area (Å²) in [7, 11) is 0. The van der Waals surface area contributed by atoms with Gasteiger partial charge in [-0.15, -0.1) is 0 Å². The topological polar surface area (TPSA) is 12.0 Å². The summed E-state index contributed by atoms with van der Waals surface area (Å²) in [5, 5.41) is 3.02. The van der Waals surface area contributed by atoms with Crippen LogP contribution in [0.5, 0.6) is 0 Å². The highest BCUT2D eigenvalue weighted by Crippen LogP contribution is 2.21. The first-order valence-electron chi connectivity index (χ1n) is 4.68. The van der Waals surface area contributed by atoms with Crippen molar-refractivity contribution >= 4 is 5.69 Å². The maximum atomic E-state index is 13.2. The summed E-state index contributed by atoms with van der Waals surface area (Å²) in [4.78, 5) is 0. The minimum atomic E-state index is -0.553. The van der Waals surface area contributed by atoms with Crippen LogP contribution < -0.4 is 5.32 Å². The van der Waals surface area contributed by atoms with Crippen molar-refractivity contribution in [3.63, 3.8) is 0 Å². The highest BCUT2D eigenvalue weighted by atomic mass is 19.1. The molecular formula is C11H15F2N. The number of rotatable bonds is 3. The third kappa shape index (κ3) is 2.69. The molecule has 0 amide bonds. The van der Waals surface area contributed by atoms with Gasteiger partial charge >= 0.3 is 0 Å². The number of benzene rings is 1. The predicted molar refractivity (Wildman–Crippen MR) is 54.4 cm³/mol. The Morgan fingerprint density at radius 1 is 1.29 bits per heavy atom. The Kier molecular flexibility index (Phi) is 3.09. The molecule has 0 bridgehead atoms. The van der Waals surface area contributed by atoms with Gasteiger partial charge in [-0.3, -0.25) is 0 Å². The zero-order chi connectivity index (χ0) is 10.8. The molecule has 1 nitrogen and oxygen atoms in total. The molecule has 3 heteroatoms. The molecule has 0 aromatic heterocycles. The fraction of sp³-hybridized carbons (Fsp3) is 0.455. The van der Waals surface area contributed by atoms with Crippen molar-refractivity contribution in [2.45, 2.75) is 32.7 Å². The van der Waals surface area contributed by atoms with Gasteiger partial charge in [-0.2, -0.15) is 0 Å². The van der Waals surface area contributed by atoms with Gasteiger partial charge in [0.25, 0.3) is 0 Å². The van der Waals surface area contributed by atoms with Crippen LogP contribution in [0.2, 0.25) is 0 Å². The zero-order valence-electron chi connectivity index (χ0n) is 8.70. The lowest BCUT2D eigenvalue weighted by Gasteiger charge is -2.26. The fourth-order valence-electron chi connectivity index (χ4n) is 1.04. The van der Waals surface area contributed by atoms with Crippen LogP contribution in [-0.2, 0) is 0 Å². The highest BCUT2D eigenvalue weighted by Gasteiger charge is 2.16. The van der Waals surface area contributed by atoms with Gasteiger partial charge in [-0.05, 0) is 32.4 Å². The van der Waals surface area contributed by atoms with Crippen molar-refractivity contribution in [2.24, 2.45) is 0 Å². The first kappa shape index (κ1) is 11.0. The number of anilines is 1. The Bertz CT molecular complexity index is 321. The second-order valence-corrected chi connectivity index (χ2v) is 3.99. The van der Waals surface area contributed by atoms with Crippen molar-refractivity contribution in [1.82, 2.24) is 0 Å². The molecule has 0 aliphatic rings. The molecule has 1 aromatic carbocycles. The van der Waals surface area contributed by atoms with Crippen molar-refractivity contribution < 1.29 is 8.78 Å². The summed E-state index contributed by atoms with van der Waals surface area (Å²) in [6.45, 7) is 5.94. The van der Waals surface area contributed by atoms with E-state index in [0.717, 1.165) is 12.5 Å². The van der Waals surface area contributed by atoms with Crippen LogP contribution in [0.1, 0.15) is 27.2 Å². The molecule has 0 fully saturated rings. The summed E-state index contributed by atoms with van der Waals surface area (Å²) in [5.74, 6) is -1.10. The minimum absolute atomic E-state index is 0.182. The summed E-state index contributed by atoms with van der Waals surface area (Å²) in [6, 6.07) is 3.55. The first-order chi connectivity index (χ1) is 6.44. The van der Waals surface area contributed by atoms with Crippen molar-refractivity contribution in [1.29, 1.82) is 0 Å². The number of halogens is 2. The van der Waals surface area contributed by atoms with Crippen LogP contribution in [0.3, 0.4) is 0 Å². The second-order valence-electron chi connectivity index (χ2n) is 3.99. The molecular weight excluding hydrogens is 184 g/mol. The number of nitrogens with one attached hydrogen (secondary N) is 1. The molecule has 0 heterocycles. The maximum absolute atomic E-state index is 13.2. The van der Waals surface area contributed by atoms with Crippen molar-refractivity contribution in [2.75, 3.05) is 5.32 Å². The predicted octanol–water partition coefficient (Wildman–Crippen LogP) is 3.57. The molecule has 0 spiro atoms. The average Bonchev–Trinajstić information content (AvgIpc) is 2.10. The molecule has 0 aliphatic carbocycles. The van der Waals surface area contributed by atoms with Crippen molar-refractivity contribution in [3.8, 4) is 0 Å². The van der Waals surface area contributed by atoms with E-state index in [4.69, 9.17) is 0 Å². The Hall–Kier alpha value is -1.12. The number of hydrogen-bond donors (Lipinski definition) is 1. The van der Waals surface area contributed by atoms with Gasteiger partial charge in [0.05, 0.1) is 5.69 Å². The van der Waals surface area contributed by atoms with Gasteiger partial charge < -0.3 is 5.32 Å². The Balaban J connectivity index is 2.87. The molecule has 1 rings (SSSR count). The summed E-state index contributed by atoms with van der Waals surface area (Å²) in [6.07, 6.45) is 0.865. The average molecular weight is 199 g/mol. The Morgan fingerprint density at radius 3 is 2.43 bits per heavy atom. The Morgan fingerprint density at radius 2 is 1.93 bits per heavy atom. The highest BCUT2D eigenvalue weighted by molar-refractivity contribution is 5.46. The number of hydrogen-bond acceptors (Lipinski definition) is 1. The second kappa shape index (κ2) is 3.95. The van der Waals surface area contributed by atoms with E-state index in [0.29, 0.717) is 5.69 Å². The van der Waals surface area contributed by atoms with Crippen molar-refractivity contribution in [3.05, 3.63) is 29.8 Å². The molecule has 0 atom stereocenters. The molecule has 0 radical (unpaired) electrons. The van der Waals surface area contributed by atoms with Gasteiger partial charge in [0, 0.05) is 11.6 Å². The van der Waals surface area contributed by atoms with E-state index < -0.39 is 11.6 Å². The first-order valence-corrected chi connectivity index (χ1v) is 4.68. The maximum Gasteiger partial charge on any atom is 0.149 e. The lowest BCUT2D eigenvalue weighted by Crippen LogP contribution is -2.30.